The predicted octanol–water partition coefficient (Wildman–Crippen LogP) is 4.61. The molecule has 3 aromatic rings. The number of aromatic nitrogens is 1. The Hall–Kier alpha value is -2.95. The van der Waals surface area contributed by atoms with Gasteiger partial charge in [-0.2, -0.15) is 0 Å². The summed E-state index contributed by atoms with van der Waals surface area (Å²) in [7, 11) is 1.65. The van der Waals surface area contributed by atoms with Gasteiger partial charge in [0.15, 0.2) is 0 Å². The molecule has 0 fully saturated rings. The second-order valence-electron chi connectivity index (χ2n) is 7.17. The van der Waals surface area contributed by atoms with E-state index in [-0.39, 0.29) is 6.09 Å². The number of methoxy groups -OCH3 is 1. The van der Waals surface area contributed by atoms with Crippen molar-refractivity contribution in [2.45, 2.75) is 33.6 Å². The number of aromatic amines is 1. The molecule has 0 radical (unpaired) electrons. The number of alkyl carbamates (subject to hydrolysis) is 1. The summed E-state index contributed by atoms with van der Waals surface area (Å²) in [5, 5.41) is 3.97. The number of ether oxygens (including phenoxy) is 2. The van der Waals surface area contributed by atoms with Crippen LogP contribution in [0.25, 0.3) is 10.9 Å². The van der Waals surface area contributed by atoms with Crippen LogP contribution in [0.3, 0.4) is 0 Å². The monoisotopic (exact) mass is 380 g/mol. The van der Waals surface area contributed by atoms with Crippen molar-refractivity contribution in [3.8, 4) is 5.75 Å². The molecule has 0 bridgehead atoms. The number of rotatable bonds is 7. The van der Waals surface area contributed by atoms with E-state index in [1.807, 2.05) is 24.4 Å². The largest absolute Gasteiger partial charge is 0.497 e. The third-order valence-corrected chi connectivity index (χ3v) is 5.06. The quantitative estimate of drug-likeness (QED) is 0.629. The van der Waals surface area contributed by atoms with Crippen LogP contribution in [0.15, 0.2) is 36.5 Å². The minimum absolute atomic E-state index is 0.371. The first-order valence-electron chi connectivity index (χ1n) is 9.59. The van der Waals surface area contributed by atoms with E-state index in [0.717, 1.165) is 35.1 Å². The number of aryl methyl sites for hydroxylation is 3. The molecular weight excluding hydrogens is 352 g/mol. The average molecular weight is 380 g/mol. The van der Waals surface area contributed by atoms with Crippen LogP contribution in [0, 0.1) is 20.8 Å². The van der Waals surface area contributed by atoms with Crippen molar-refractivity contribution in [1.29, 1.82) is 0 Å². The van der Waals surface area contributed by atoms with Crippen LogP contribution in [0.5, 0.6) is 5.75 Å². The van der Waals surface area contributed by atoms with Gasteiger partial charge >= 0.3 is 6.09 Å². The van der Waals surface area contributed by atoms with Gasteiger partial charge in [-0.25, -0.2) is 4.79 Å². The Morgan fingerprint density at radius 2 is 1.82 bits per heavy atom. The van der Waals surface area contributed by atoms with E-state index in [2.05, 4.69) is 43.2 Å². The van der Waals surface area contributed by atoms with Crippen LogP contribution in [-0.2, 0) is 17.6 Å². The van der Waals surface area contributed by atoms with Crippen molar-refractivity contribution < 1.29 is 14.3 Å². The molecular formula is C23H28N2O3. The number of hydrogen-bond acceptors (Lipinski definition) is 3. The van der Waals surface area contributed by atoms with Gasteiger partial charge < -0.3 is 19.8 Å². The van der Waals surface area contributed by atoms with Gasteiger partial charge in [0.1, 0.15) is 5.75 Å². The highest BCUT2D eigenvalue weighted by atomic mass is 16.5. The summed E-state index contributed by atoms with van der Waals surface area (Å²) in [4.78, 5) is 15.2. The molecule has 28 heavy (non-hydrogen) atoms. The van der Waals surface area contributed by atoms with Crippen molar-refractivity contribution >= 4 is 17.0 Å². The minimum atomic E-state index is -0.371. The summed E-state index contributed by atoms with van der Waals surface area (Å²) in [5.74, 6) is 0.821. The fraction of sp³-hybridized carbons (Fsp3) is 0.348. The van der Waals surface area contributed by atoms with Crippen LogP contribution in [0.4, 0.5) is 4.79 Å². The van der Waals surface area contributed by atoms with Crippen molar-refractivity contribution in [3.63, 3.8) is 0 Å². The van der Waals surface area contributed by atoms with E-state index in [9.17, 15) is 4.79 Å². The molecule has 0 unspecified atom stereocenters. The van der Waals surface area contributed by atoms with Crippen molar-refractivity contribution in [2.24, 2.45) is 0 Å². The van der Waals surface area contributed by atoms with Crippen molar-refractivity contribution in [1.82, 2.24) is 10.3 Å². The van der Waals surface area contributed by atoms with Gasteiger partial charge in [0.25, 0.3) is 0 Å². The maximum atomic E-state index is 12.0. The number of amides is 1. The first-order valence-corrected chi connectivity index (χ1v) is 9.59. The molecule has 0 spiro atoms. The maximum absolute atomic E-state index is 12.0. The van der Waals surface area contributed by atoms with Gasteiger partial charge in [-0.15, -0.1) is 0 Å². The van der Waals surface area contributed by atoms with Crippen molar-refractivity contribution in [3.05, 3.63) is 64.3 Å². The van der Waals surface area contributed by atoms with Crippen LogP contribution < -0.4 is 10.1 Å². The van der Waals surface area contributed by atoms with Gasteiger partial charge in [-0.3, -0.25) is 0 Å². The van der Waals surface area contributed by atoms with Gasteiger partial charge in [0, 0.05) is 36.1 Å². The lowest BCUT2D eigenvalue weighted by atomic mass is 9.98. The Morgan fingerprint density at radius 3 is 2.54 bits per heavy atom. The number of carbonyl (C=O) groups excluding carboxylic acids is 1. The number of hydrogen-bond donors (Lipinski definition) is 2. The van der Waals surface area contributed by atoms with E-state index in [0.29, 0.717) is 13.2 Å². The molecule has 0 atom stereocenters. The Kier molecular flexibility index (Phi) is 6.24. The Labute approximate surface area is 166 Å². The Bertz CT molecular complexity index is 952. The highest BCUT2D eigenvalue weighted by Gasteiger charge is 2.08. The molecule has 148 valence electrons. The van der Waals surface area contributed by atoms with Crippen LogP contribution >= 0.6 is 0 Å². The molecule has 1 amide bonds. The van der Waals surface area contributed by atoms with E-state index < -0.39 is 0 Å². The second kappa shape index (κ2) is 8.83. The molecule has 0 aliphatic carbocycles. The lowest BCUT2D eigenvalue weighted by Gasteiger charge is -2.12. The average Bonchev–Trinajstić information content (AvgIpc) is 3.06. The standard InChI is InChI=1S/C23H28N2O3/c1-15-11-16(2)20(17(3)12-15)8-10-28-23(26)24-9-7-18-14-25-22-13-19(27-4)5-6-21(18)22/h5-6,11-14,25H,7-10H2,1-4H3,(H,24,26). The zero-order chi connectivity index (χ0) is 20.1. The third kappa shape index (κ3) is 4.66. The Balaban J connectivity index is 1.45. The topological polar surface area (TPSA) is 63.4 Å². The Morgan fingerprint density at radius 1 is 1.07 bits per heavy atom. The van der Waals surface area contributed by atoms with Crippen molar-refractivity contribution in [2.75, 3.05) is 20.3 Å². The summed E-state index contributed by atoms with van der Waals surface area (Å²) in [6, 6.07) is 10.3. The second-order valence-corrected chi connectivity index (χ2v) is 7.17. The SMILES string of the molecule is COc1ccc2c(CCNC(=O)OCCc3c(C)cc(C)cc3C)c[nH]c2c1. The number of benzene rings is 2. The van der Waals surface area contributed by atoms with Crippen LogP contribution in [0.1, 0.15) is 27.8 Å². The highest BCUT2D eigenvalue weighted by Crippen LogP contribution is 2.23. The number of nitrogens with one attached hydrogen (secondary N) is 2. The van der Waals surface area contributed by atoms with Gasteiger partial charge in [0.2, 0.25) is 0 Å². The van der Waals surface area contributed by atoms with Gasteiger partial charge in [-0.1, -0.05) is 17.7 Å². The summed E-state index contributed by atoms with van der Waals surface area (Å²) in [6.07, 6.45) is 3.07. The first-order chi connectivity index (χ1) is 13.5. The fourth-order valence-corrected chi connectivity index (χ4v) is 3.70. The van der Waals surface area contributed by atoms with E-state index in [1.54, 1.807) is 7.11 Å². The normalized spacial score (nSPS) is 10.9. The molecule has 2 N–H and O–H groups in total. The van der Waals surface area contributed by atoms with E-state index >= 15 is 0 Å². The summed E-state index contributed by atoms with van der Waals surface area (Å²) < 4.78 is 10.6. The molecule has 5 heteroatoms. The predicted molar refractivity (Wildman–Crippen MR) is 112 cm³/mol. The molecule has 0 saturated carbocycles. The summed E-state index contributed by atoms with van der Waals surface area (Å²) in [6.45, 7) is 7.21. The molecule has 2 aromatic carbocycles. The number of fused-ring (bicyclic) bond motifs is 1. The zero-order valence-electron chi connectivity index (χ0n) is 17.0. The summed E-state index contributed by atoms with van der Waals surface area (Å²) in [5.41, 5.74) is 7.19. The molecule has 0 saturated heterocycles. The first kappa shape index (κ1) is 19.8. The van der Waals surface area contributed by atoms with Gasteiger partial charge in [0.05, 0.1) is 13.7 Å². The molecule has 0 aliphatic rings. The number of H-pyrrole nitrogens is 1. The lowest BCUT2D eigenvalue weighted by molar-refractivity contribution is 0.147. The summed E-state index contributed by atoms with van der Waals surface area (Å²) >= 11 is 0. The molecule has 3 rings (SSSR count). The third-order valence-electron chi connectivity index (χ3n) is 5.06. The molecule has 1 aromatic heterocycles. The van der Waals surface area contributed by atoms with E-state index in [1.165, 1.54) is 22.3 Å². The lowest BCUT2D eigenvalue weighted by Crippen LogP contribution is -2.27. The van der Waals surface area contributed by atoms with Crippen LogP contribution in [-0.4, -0.2) is 31.3 Å². The highest BCUT2D eigenvalue weighted by molar-refractivity contribution is 5.84. The smallest absolute Gasteiger partial charge is 0.407 e. The molecule has 5 nitrogen and oxygen atoms in total. The van der Waals surface area contributed by atoms with Crippen LogP contribution in [0.2, 0.25) is 0 Å². The minimum Gasteiger partial charge on any atom is -0.497 e. The molecule has 0 aliphatic heterocycles. The number of carbonyl (C=O) groups is 1. The molecule has 1 heterocycles. The van der Waals surface area contributed by atoms with E-state index in [4.69, 9.17) is 9.47 Å². The fourth-order valence-electron chi connectivity index (χ4n) is 3.70. The maximum Gasteiger partial charge on any atom is 0.407 e. The van der Waals surface area contributed by atoms with Gasteiger partial charge in [-0.05, 0) is 61.6 Å². The zero-order valence-corrected chi connectivity index (χ0v) is 17.0.